The minimum atomic E-state index is -0.792. The van der Waals surface area contributed by atoms with Gasteiger partial charge in [-0.3, -0.25) is 9.59 Å². The second-order valence-corrected chi connectivity index (χ2v) is 8.13. The van der Waals surface area contributed by atoms with Crippen LogP contribution in [0.2, 0.25) is 0 Å². The van der Waals surface area contributed by atoms with E-state index in [0.717, 1.165) is 30.0 Å². The molecule has 0 saturated heterocycles. The summed E-state index contributed by atoms with van der Waals surface area (Å²) < 4.78 is 7.86. The third kappa shape index (κ3) is 7.57. The zero-order chi connectivity index (χ0) is 22.6. The van der Waals surface area contributed by atoms with E-state index in [9.17, 15) is 9.59 Å². The fourth-order valence-corrected chi connectivity index (χ4v) is 3.92. The third-order valence-electron chi connectivity index (χ3n) is 5.74. The molecule has 2 aromatic rings. The van der Waals surface area contributed by atoms with E-state index in [4.69, 9.17) is 9.84 Å². The smallest absolute Gasteiger partial charge is 0.303 e. The number of ether oxygens (including phenoxy) is 1. The number of hydrogen-bond donors (Lipinski definition) is 1. The van der Waals surface area contributed by atoms with Gasteiger partial charge >= 0.3 is 5.97 Å². The van der Waals surface area contributed by atoms with Crippen LogP contribution < -0.4 is 4.74 Å². The zero-order valence-electron chi connectivity index (χ0n) is 19.3. The van der Waals surface area contributed by atoms with Crippen molar-refractivity contribution >= 4 is 11.8 Å². The van der Waals surface area contributed by atoms with Crippen molar-refractivity contribution in [3.63, 3.8) is 0 Å². The number of ketones is 1. The third-order valence-corrected chi connectivity index (χ3v) is 5.74. The Hall–Kier alpha value is -2.56. The quantitative estimate of drug-likeness (QED) is 0.281. The molecule has 0 aliphatic rings. The largest absolute Gasteiger partial charge is 0.494 e. The van der Waals surface area contributed by atoms with Crippen molar-refractivity contribution in [1.82, 2.24) is 4.57 Å². The lowest BCUT2D eigenvalue weighted by atomic mass is 10.0. The first-order valence-corrected chi connectivity index (χ1v) is 11.6. The first-order chi connectivity index (χ1) is 15.0. The standard InChI is InChI=1S/C26H37NO4/c1-4-6-7-8-9-10-18-31-22-16-14-20(15-17-22)26(30)23-19-21(12-11-13-25(28)29)27(3)24(23)5-2/h14-17,19H,4-13,18H2,1-3H3,(H,28,29). The second kappa shape index (κ2) is 13.0. The van der Waals surface area contributed by atoms with Crippen molar-refractivity contribution in [2.45, 2.75) is 78.1 Å². The normalized spacial score (nSPS) is 10.9. The summed E-state index contributed by atoms with van der Waals surface area (Å²) in [5.74, 6) is 0.00248. The molecule has 0 fully saturated rings. The first-order valence-electron chi connectivity index (χ1n) is 11.6. The van der Waals surface area contributed by atoms with Crippen LogP contribution in [-0.2, 0) is 24.7 Å². The summed E-state index contributed by atoms with van der Waals surface area (Å²) in [4.78, 5) is 23.9. The van der Waals surface area contributed by atoms with Crippen LogP contribution in [0.3, 0.4) is 0 Å². The van der Waals surface area contributed by atoms with Gasteiger partial charge in [-0.05, 0) is 56.0 Å². The van der Waals surface area contributed by atoms with E-state index in [1.54, 1.807) is 0 Å². The van der Waals surface area contributed by atoms with Crippen LogP contribution in [0, 0.1) is 0 Å². The lowest BCUT2D eigenvalue weighted by molar-refractivity contribution is -0.137. The molecule has 31 heavy (non-hydrogen) atoms. The van der Waals surface area contributed by atoms with Gasteiger partial charge in [0.1, 0.15) is 5.75 Å². The number of aromatic nitrogens is 1. The number of aliphatic carboxylic acids is 1. The molecule has 2 rings (SSSR count). The Morgan fingerprint density at radius 2 is 1.65 bits per heavy atom. The summed E-state index contributed by atoms with van der Waals surface area (Å²) in [6.45, 7) is 4.96. The molecule has 1 heterocycles. The van der Waals surface area contributed by atoms with E-state index < -0.39 is 5.97 Å². The maximum absolute atomic E-state index is 13.1. The number of rotatable bonds is 15. The van der Waals surface area contributed by atoms with Gasteiger partial charge in [-0.15, -0.1) is 0 Å². The van der Waals surface area contributed by atoms with Gasteiger partial charge in [-0.1, -0.05) is 46.0 Å². The highest BCUT2D eigenvalue weighted by Gasteiger charge is 2.19. The summed E-state index contributed by atoms with van der Waals surface area (Å²) in [7, 11) is 1.95. The highest BCUT2D eigenvalue weighted by molar-refractivity contribution is 6.10. The summed E-state index contributed by atoms with van der Waals surface area (Å²) in [5.41, 5.74) is 3.33. The molecule has 0 bridgehead atoms. The first kappa shape index (κ1) is 24.7. The molecule has 1 aromatic carbocycles. The second-order valence-electron chi connectivity index (χ2n) is 8.13. The van der Waals surface area contributed by atoms with E-state index in [2.05, 4.69) is 6.92 Å². The summed E-state index contributed by atoms with van der Waals surface area (Å²) in [6.07, 6.45) is 9.47. The van der Waals surface area contributed by atoms with E-state index in [0.29, 0.717) is 30.6 Å². The molecule has 0 spiro atoms. The van der Waals surface area contributed by atoms with Crippen LogP contribution in [-0.4, -0.2) is 28.0 Å². The number of benzene rings is 1. The molecule has 0 aliphatic carbocycles. The Kier molecular flexibility index (Phi) is 10.3. The molecular weight excluding hydrogens is 390 g/mol. The topological polar surface area (TPSA) is 68.5 Å². The van der Waals surface area contributed by atoms with Crippen molar-refractivity contribution in [3.8, 4) is 5.75 Å². The van der Waals surface area contributed by atoms with Gasteiger partial charge in [0.25, 0.3) is 0 Å². The maximum Gasteiger partial charge on any atom is 0.303 e. The van der Waals surface area contributed by atoms with Crippen molar-refractivity contribution in [2.75, 3.05) is 6.61 Å². The predicted molar refractivity (Wildman–Crippen MR) is 124 cm³/mol. The number of unbranched alkanes of at least 4 members (excludes halogenated alkanes) is 5. The number of nitrogens with zero attached hydrogens (tertiary/aromatic N) is 1. The number of carbonyl (C=O) groups is 2. The Labute approximate surface area is 186 Å². The molecule has 0 atom stereocenters. The van der Waals surface area contributed by atoms with Crippen molar-refractivity contribution in [2.24, 2.45) is 7.05 Å². The molecule has 5 nitrogen and oxygen atoms in total. The lowest BCUT2D eigenvalue weighted by Crippen LogP contribution is -2.06. The van der Waals surface area contributed by atoms with E-state index in [1.807, 2.05) is 48.9 Å². The molecule has 0 amide bonds. The number of hydrogen-bond acceptors (Lipinski definition) is 3. The van der Waals surface area contributed by atoms with Crippen LogP contribution >= 0.6 is 0 Å². The number of carbonyl (C=O) groups excluding carboxylic acids is 1. The van der Waals surface area contributed by atoms with Gasteiger partial charge in [0.15, 0.2) is 5.78 Å². The van der Waals surface area contributed by atoms with Crippen LogP contribution in [0.15, 0.2) is 30.3 Å². The molecule has 0 radical (unpaired) electrons. The van der Waals surface area contributed by atoms with Crippen LogP contribution in [0.1, 0.15) is 92.5 Å². The molecule has 1 N–H and O–H groups in total. The maximum atomic E-state index is 13.1. The Morgan fingerprint density at radius 1 is 0.968 bits per heavy atom. The molecule has 1 aromatic heterocycles. The van der Waals surface area contributed by atoms with Crippen molar-refractivity contribution in [3.05, 3.63) is 52.8 Å². The SMILES string of the molecule is CCCCCCCCOc1ccc(C(=O)c2cc(CCCC(=O)O)n(C)c2CC)cc1. The molecule has 0 aliphatic heterocycles. The van der Waals surface area contributed by atoms with E-state index in [1.165, 1.54) is 32.1 Å². The number of carboxylic acids is 1. The summed E-state index contributed by atoms with van der Waals surface area (Å²) in [6, 6.07) is 9.32. The Morgan fingerprint density at radius 3 is 2.29 bits per heavy atom. The molecule has 5 heteroatoms. The number of carboxylic acid groups (broad SMARTS) is 1. The van der Waals surface area contributed by atoms with Crippen molar-refractivity contribution in [1.29, 1.82) is 0 Å². The lowest BCUT2D eigenvalue weighted by Gasteiger charge is -2.08. The fourth-order valence-electron chi connectivity index (χ4n) is 3.92. The van der Waals surface area contributed by atoms with Gasteiger partial charge in [-0.2, -0.15) is 0 Å². The number of aryl methyl sites for hydroxylation is 1. The molecular formula is C26H37NO4. The minimum Gasteiger partial charge on any atom is -0.494 e. The summed E-state index contributed by atoms with van der Waals surface area (Å²) in [5, 5.41) is 8.87. The summed E-state index contributed by atoms with van der Waals surface area (Å²) >= 11 is 0. The fraction of sp³-hybridized carbons (Fsp3) is 0.538. The van der Waals surface area contributed by atoms with Crippen LogP contribution in [0.25, 0.3) is 0 Å². The van der Waals surface area contributed by atoms with Gasteiger partial charge < -0.3 is 14.4 Å². The van der Waals surface area contributed by atoms with Gasteiger partial charge in [0, 0.05) is 36.0 Å². The molecule has 0 saturated carbocycles. The average molecular weight is 428 g/mol. The Bertz CT molecular complexity index is 836. The van der Waals surface area contributed by atoms with Gasteiger partial charge in [-0.25, -0.2) is 0 Å². The molecule has 170 valence electrons. The van der Waals surface area contributed by atoms with E-state index >= 15 is 0 Å². The Balaban J connectivity index is 1.95. The van der Waals surface area contributed by atoms with Gasteiger partial charge in [0.2, 0.25) is 0 Å². The predicted octanol–water partition coefficient (Wildman–Crippen LogP) is 5.97. The highest BCUT2D eigenvalue weighted by atomic mass is 16.5. The zero-order valence-corrected chi connectivity index (χ0v) is 19.3. The van der Waals surface area contributed by atoms with E-state index in [-0.39, 0.29) is 12.2 Å². The monoisotopic (exact) mass is 427 g/mol. The van der Waals surface area contributed by atoms with Crippen LogP contribution in [0.4, 0.5) is 0 Å². The van der Waals surface area contributed by atoms with Gasteiger partial charge in [0.05, 0.1) is 6.61 Å². The van der Waals surface area contributed by atoms with Crippen LogP contribution in [0.5, 0.6) is 5.75 Å². The van der Waals surface area contributed by atoms with Crippen molar-refractivity contribution < 1.29 is 19.4 Å². The highest BCUT2D eigenvalue weighted by Crippen LogP contribution is 2.22. The minimum absolute atomic E-state index is 0.000547. The molecule has 0 unspecified atom stereocenters. The average Bonchev–Trinajstić information content (AvgIpc) is 3.08.